The zero-order chi connectivity index (χ0) is 14.7. The third-order valence-corrected chi connectivity index (χ3v) is 2.92. The van der Waals surface area contributed by atoms with Crippen LogP contribution in [-0.4, -0.2) is 13.0 Å². The van der Waals surface area contributed by atoms with Crippen LogP contribution in [0.2, 0.25) is 0 Å². The fourth-order valence-corrected chi connectivity index (χ4v) is 1.85. The number of nitrogen functional groups attached to an aromatic ring is 1. The van der Waals surface area contributed by atoms with Gasteiger partial charge in [-0.05, 0) is 42.8 Å². The average Bonchev–Trinajstić information content (AvgIpc) is 2.41. The number of carbonyl (C=O) groups is 1. The smallest absolute Gasteiger partial charge is 0.256 e. The Bertz CT molecular complexity index is 656. The quantitative estimate of drug-likeness (QED) is 0.846. The van der Waals surface area contributed by atoms with E-state index in [0.29, 0.717) is 22.7 Å². The molecule has 20 heavy (non-hydrogen) atoms. The average molecular weight is 274 g/mol. The number of methoxy groups -OCH3 is 1. The van der Waals surface area contributed by atoms with Crippen LogP contribution in [0.15, 0.2) is 36.4 Å². The number of carbonyl (C=O) groups excluding carboxylic acids is 1. The van der Waals surface area contributed by atoms with Crippen LogP contribution in [0, 0.1) is 12.7 Å². The summed E-state index contributed by atoms with van der Waals surface area (Å²) >= 11 is 0. The SMILES string of the molecule is COc1ccc(N)cc1NC(=O)c1cc(F)ccc1C. The van der Waals surface area contributed by atoms with E-state index < -0.39 is 11.7 Å². The fraction of sp³-hybridized carbons (Fsp3) is 0.133. The lowest BCUT2D eigenvalue weighted by atomic mass is 10.1. The van der Waals surface area contributed by atoms with Crippen LogP contribution < -0.4 is 15.8 Å². The number of benzene rings is 2. The molecule has 1 amide bonds. The summed E-state index contributed by atoms with van der Waals surface area (Å²) in [6.45, 7) is 1.74. The van der Waals surface area contributed by atoms with Gasteiger partial charge in [0.2, 0.25) is 0 Å². The van der Waals surface area contributed by atoms with Crippen LogP contribution in [0.3, 0.4) is 0 Å². The summed E-state index contributed by atoms with van der Waals surface area (Å²) in [4.78, 5) is 12.2. The Morgan fingerprint density at radius 3 is 2.70 bits per heavy atom. The van der Waals surface area contributed by atoms with Gasteiger partial charge in [-0.1, -0.05) is 6.07 Å². The molecule has 2 aromatic carbocycles. The van der Waals surface area contributed by atoms with Gasteiger partial charge >= 0.3 is 0 Å². The molecule has 0 unspecified atom stereocenters. The molecule has 0 aromatic heterocycles. The second-order valence-corrected chi connectivity index (χ2v) is 4.37. The van der Waals surface area contributed by atoms with Gasteiger partial charge in [0.05, 0.1) is 12.8 Å². The Kier molecular flexibility index (Phi) is 3.89. The standard InChI is InChI=1S/C15H15FN2O2/c1-9-3-4-10(16)7-12(9)15(19)18-13-8-11(17)5-6-14(13)20-2/h3-8H,17H2,1-2H3,(H,18,19). The molecular weight excluding hydrogens is 259 g/mol. The molecular formula is C15H15FN2O2. The van der Waals surface area contributed by atoms with E-state index in [9.17, 15) is 9.18 Å². The number of amides is 1. The van der Waals surface area contributed by atoms with Crippen molar-refractivity contribution in [1.29, 1.82) is 0 Å². The first-order valence-electron chi connectivity index (χ1n) is 6.02. The highest BCUT2D eigenvalue weighted by atomic mass is 19.1. The van der Waals surface area contributed by atoms with Crippen LogP contribution in [0.1, 0.15) is 15.9 Å². The zero-order valence-electron chi connectivity index (χ0n) is 11.2. The molecule has 0 bridgehead atoms. The number of nitrogens with one attached hydrogen (secondary N) is 1. The second-order valence-electron chi connectivity index (χ2n) is 4.37. The maximum absolute atomic E-state index is 13.2. The largest absolute Gasteiger partial charge is 0.495 e. The number of halogens is 1. The molecule has 0 atom stereocenters. The van der Waals surface area contributed by atoms with Gasteiger partial charge in [-0.3, -0.25) is 4.79 Å². The maximum Gasteiger partial charge on any atom is 0.256 e. The number of nitrogens with two attached hydrogens (primary N) is 1. The van der Waals surface area contributed by atoms with Crippen LogP contribution >= 0.6 is 0 Å². The lowest BCUT2D eigenvalue weighted by Crippen LogP contribution is -2.14. The van der Waals surface area contributed by atoms with Crippen molar-refractivity contribution < 1.29 is 13.9 Å². The molecule has 0 aliphatic heterocycles. The summed E-state index contributed by atoms with van der Waals surface area (Å²) in [7, 11) is 1.49. The van der Waals surface area contributed by atoms with E-state index in [1.807, 2.05) is 0 Å². The minimum Gasteiger partial charge on any atom is -0.495 e. The van der Waals surface area contributed by atoms with Gasteiger partial charge in [0.1, 0.15) is 11.6 Å². The van der Waals surface area contributed by atoms with Crippen molar-refractivity contribution in [2.24, 2.45) is 0 Å². The predicted molar refractivity (Wildman–Crippen MR) is 76.5 cm³/mol. The van der Waals surface area contributed by atoms with E-state index in [1.54, 1.807) is 31.2 Å². The molecule has 0 aliphatic carbocycles. The number of ether oxygens (including phenoxy) is 1. The molecule has 0 heterocycles. The van der Waals surface area contributed by atoms with Crippen LogP contribution in [0.5, 0.6) is 5.75 Å². The normalized spacial score (nSPS) is 10.2. The molecule has 0 saturated heterocycles. The lowest BCUT2D eigenvalue weighted by Gasteiger charge is -2.12. The third kappa shape index (κ3) is 2.88. The summed E-state index contributed by atoms with van der Waals surface area (Å²) in [6, 6.07) is 8.98. The highest BCUT2D eigenvalue weighted by Crippen LogP contribution is 2.27. The first kappa shape index (κ1) is 13.9. The Morgan fingerprint density at radius 2 is 2.00 bits per heavy atom. The van der Waals surface area contributed by atoms with E-state index in [4.69, 9.17) is 10.5 Å². The molecule has 4 nitrogen and oxygen atoms in total. The predicted octanol–water partition coefficient (Wildman–Crippen LogP) is 2.98. The third-order valence-electron chi connectivity index (χ3n) is 2.92. The molecule has 3 N–H and O–H groups in total. The van der Waals surface area contributed by atoms with Crippen LogP contribution in [0.25, 0.3) is 0 Å². The van der Waals surface area contributed by atoms with Crippen molar-refractivity contribution in [3.05, 3.63) is 53.3 Å². The number of aryl methyl sites for hydroxylation is 1. The van der Waals surface area contributed by atoms with Crippen molar-refractivity contribution in [3.8, 4) is 5.75 Å². The molecule has 5 heteroatoms. The highest BCUT2D eigenvalue weighted by molar-refractivity contribution is 6.06. The highest BCUT2D eigenvalue weighted by Gasteiger charge is 2.13. The number of hydrogen-bond donors (Lipinski definition) is 2. The Labute approximate surface area is 116 Å². The molecule has 0 aliphatic rings. The molecule has 2 aromatic rings. The van der Waals surface area contributed by atoms with Crippen molar-refractivity contribution in [1.82, 2.24) is 0 Å². The van der Waals surface area contributed by atoms with Crippen LogP contribution in [-0.2, 0) is 0 Å². The second kappa shape index (κ2) is 5.61. The van der Waals surface area contributed by atoms with Crippen molar-refractivity contribution in [2.75, 3.05) is 18.2 Å². The van der Waals surface area contributed by atoms with Gasteiger partial charge in [0, 0.05) is 11.3 Å². The maximum atomic E-state index is 13.2. The number of anilines is 2. The summed E-state index contributed by atoms with van der Waals surface area (Å²) in [5, 5.41) is 2.68. The fourth-order valence-electron chi connectivity index (χ4n) is 1.85. The molecule has 0 spiro atoms. The number of rotatable bonds is 3. The van der Waals surface area contributed by atoms with Gasteiger partial charge in [-0.2, -0.15) is 0 Å². The minimum atomic E-state index is -0.458. The lowest BCUT2D eigenvalue weighted by molar-refractivity contribution is 0.102. The Morgan fingerprint density at radius 1 is 1.25 bits per heavy atom. The topological polar surface area (TPSA) is 64.3 Å². The van der Waals surface area contributed by atoms with E-state index in [0.717, 1.165) is 0 Å². The minimum absolute atomic E-state index is 0.273. The van der Waals surface area contributed by atoms with Gasteiger partial charge in [-0.25, -0.2) is 4.39 Å². The monoisotopic (exact) mass is 274 g/mol. The summed E-state index contributed by atoms with van der Waals surface area (Å²) in [6.07, 6.45) is 0. The van der Waals surface area contributed by atoms with E-state index in [1.165, 1.54) is 19.2 Å². The van der Waals surface area contributed by atoms with E-state index >= 15 is 0 Å². The van der Waals surface area contributed by atoms with E-state index in [2.05, 4.69) is 5.32 Å². The molecule has 104 valence electrons. The van der Waals surface area contributed by atoms with Crippen molar-refractivity contribution >= 4 is 17.3 Å². The summed E-state index contributed by atoms with van der Waals surface area (Å²) in [5.74, 6) is -0.382. The first-order valence-corrected chi connectivity index (χ1v) is 6.02. The van der Waals surface area contributed by atoms with Crippen molar-refractivity contribution in [3.63, 3.8) is 0 Å². The van der Waals surface area contributed by atoms with Gasteiger partial charge in [-0.15, -0.1) is 0 Å². The number of hydrogen-bond acceptors (Lipinski definition) is 3. The van der Waals surface area contributed by atoms with Crippen molar-refractivity contribution in [2.45, 2.75) is 6.92 Å². The van der Waals surface area contributed by atoms with Gasteiger partial charge in [0.15, 0.2) is 0 Å². The van der Waals surface area contributed by atoms with Crippen LogP contribution in [0.4, 0.5) is 15.8 Å². The van der Waals surface area contributed by atoms with Gasteiger partial charge in [0.25, 0.3) is 5.91 Å². The molecule has 0 fully saturated rings. The Hall–Kier alpha value is -2.56. The first-order chi connectivity index (χ1) is 9.51. The van der Waals surface area contributed by atoms with E-state index in [-0.39, 0.29) is 5.56 Å². The molecule has 0 radical (unpaired) electrons. The molecule has 2 rings (SSSR count). The summed E-state index contributed by atoms with van der Waals surface area (Å²) < 4.78 is 18.4. The zero-order valence-corrected chi connectivity index (χ0v) is 11.2. The molecule has 0 saturated carbocycles. The Balaban J connectivity index is 2.32. The summed E-state index contributed by atoms with van der Waals surface area (Å²) in [5.41, 5.74) is 7.59. The van der Waals surface area contributed by atoms with Gasteiger partial charge < -0.3 is 15.8 Å².